The van der Waals surface area contributed by atoms with E-state index in [0.29, 0.717) is 13.0 Å². The van der Waals surface area contributed by atoms with Gasteiger partial charge in [0.15, 0.2) is 0 Å². The van der Waals surface area contributed by atoms with Crippen molar-refractivity contribution in [2.24, 2.45) is 11.8 Å². The Morgan fingerprint density at radius 2 is 2.05 bits per heavy atom. The van der Waals surface area contributed by atoms with Gasteiger partial charge in [0.05, 0.1) is 24.1 Å². The third-order valence-electron chi connectivity index (χ3n) is 3.78. The zero-order valence-electron chi connectivity index (χ0n) is 12.1. The van der Waals surface area contributed by atoms with Gasteiger partial charge in [-0.15, -0.1) is 11.3 Å². The first-order valence-electron chi connectivity index (χ1n) is 7.08. The zero-order chi connectivity index (χ0) is 15.7. The number of rotatable bonds is 5. The van der Waals surface area contributed by atoms with Crippen LogP contribution >= 0.6 is 11.3 Å². The number of aromatic nitrogens is 1. The number of thiazole rings is 1. The maximum absolute atomic E-state index is 11.9. The first-order valence-corrected chi connectivity index (χ1v) is 7.90. The van der Waals surface area contributed by atoms with Crippen LogP contribution in [0.1, 0.15) is 17.0 Å². The molecule has 1 aromatic heterocycles. The molecule has 1 aliphatic carbocycles. The van der Waals surface area contributed by atoms with Crippen LogP contribution in [0.2, 0.25) is 0 Å². The SMILES string of the molecule is Cc1nc(-c2ccccc2)sc1CNC(=O)[C@H]1C[C@H]1C(=O)O. The number of benzene rings is 1. The second-order valence-electron chi connectivity index (χ2n) is 5.40. The third kappa shape index (κ3) is 3.01. The number of carbonyl (C=O) groups excluding carboxylic acids is 1. The molecule has 0 radical (unpaired) electrons. The van der Waals surface area contributed by atoms with Gasteiger partial charge in [0.2, 0.25) is 5.91 Å². The van der Waals surface area contributed by atoms with Crippen molar-refractivity contribution in [1.82, 2.24) is 10.3 Å². The Balaban J connectivity index is 1.63. The largest absolute Gasteiger partial charge is 0.481 e. The summed E-state index contributed by atoms with van der Waals surface area (Å²) in [5, 5.41) is 12.6. The molecule has 114 valence electrons. The van der Waals surface area contributed by atoms with Crippen LogP contribution < -0.4 is 5.32 Å². The molecule has 3 rings (SSSR count). The van der Waals surface area contributed by atoms with Crippen LogP contribution in [0.3, 0.4) is 0 Å². The number of aryl methyl sites for hydroxylation is 1. The maximum Gasteiger partial charge on any atom is 0.307 e. The number of nitrogens with zero attached hydrogens (tertiary/aromatic N) is 1. The number of hydrogen-bond donors (Lipinski definition) is 2. The van der Waals surface area contributed by atoms with E-state index in [9.17, 15) is 9.59 Å². The van der Waals surface area contributed by atoms with Crippen LogP contribution in [0.4, 0.5) is 0 Å². The van der Waals surface area contributed by atoms with Crippen LogP contribution in [-0.4, -0.2) is 22.0 Å². The van der Waals surface area contributed by atoms with Gasteiger partial charge in [0.1, 0.15) is 5.01 Å². The molecule has 2 N–H and O–H groups in total. The number of carbonyl (C=O) groups is 2. The lowest BCUT2D eigenvalue weighted by Gasteiger charge is -2.02. The molecule has 22 heavy (non-hydrogen) atoms. The third-order valence-corrected chi connectivity index (χ3v) is 4.99. The van der Waals surface area contributed by atoms with Crippen LogP contribution in [0.25, 0.3) is 10.6 Å². The lowest BCUT2D eigenvalue weighted by atomic mass is 10.2. The van der Waals surface area contributed by atoms with Crippen LogP contribution in [0.15, 0.2) is 30.3 Å². The Kier molecular flexibility index (Phi) is 3.94. The van der Waals surface area contributed by atoms with Gasteiger partial charge < -0.3 is 10.4 Å². The first kappa shape index (κ1) is 14.7. The van der Waals surface area contributed by atoms with Crippen molar-refractivity contribution < 1.29 is 14.7 Å². The highest BCUT2D eigenvalue weighted by atomic mass is 32.1. The molecule has 1 aromatic carbocycles. The molecule has 2 aromatic rings. The fraction of sp³-hybridized carbons (Fsp3) is 0.312. The second-order valence-corrected chi connectivity index (χ2v) is 6.48. The molecular weight excluding hydrogens is 300 g/mol. The van der Waals surface area contributed by atoms with Gasteiger partial charge in [-0.2, -0.15) is 0 Å². The minimum Gasteiger partial charge on any atom is -0.481 e. The highest BCUT2D eigenvalue weighted by Gasteiger charge is 2.48. The van der Waals surface area contributed by atoms with Crippen molar-refractivity contribution in [3.8, 4) is 10.6 Å². The molecule has 0 spiro atoms. The minimum atomic E-state index is -0.888. The van der Waals surface area contributed by atoms with Gasteiger partial charge in [-0.3, -0.25) is 9.59 Å². The molecule has 5 nitrogen and oxygen atoms in total. The van der Waals surface area contributed by atoms with Crippen LogP contribution in [0, 0.1) is 18.8 Å². The standard InChI is InChI=1S/C16H16N2O3S/c1-9-13(8-17-14(19)11-7-12(11)16(20)21)22-15(18-9)10-5-3-2-4-6-10/h2-6,11-12H,7-8H2,1H3,(H,17,19)(H,20,21)/t11-,12+/m0/s1. The Morgan fingerprint density at radius 1 is 1.32 bits per heavy atom. The molecule has 0 unspecified atom stereocenters. The van der Waals surface area contributed by atoms with E-state index >= 15 is 0 Å². The van der Waals surface area contributed by atoms with Gasteiger partial charge in [-0.05, 0) is 13.3 Å². The Morgan fingerprint density at radius 3 is 2.68 bits per heavy atom. The molecule has 1 heterocycles. The Bertz CT molecular complexity index is 711. The predicted molar refractivity (Wildman–Crippen MR) is 83.4 cm³/mol. The number of carboxylic acid groups (broad SMARTS) is 1. The average Bonchev–Trinajstić information content (AvgIpc) is 3.24. The fourth-order valence-corrected chi connectivity index (χ4v) is 3.36. The predicted octanol–water partition coefficient (Wildman–Crippen LogP) is 2.46. The summed E-state index contributed by atoms with van der Waals surface area (Å²) in [5.41, 5.74) is 1.95. The van der Waals surface area contributed by atoms with Crippen LogP contribution in [0.5, 0.6) is 0 Å². The summed E-state index contributed by atoms with van der Waals surface area (Å²) in [5.74, 6) is -1.95. The van der Waals surface area contributed by atoms with Crippen molar-refractivity contribution in [1.29, 1.82) is 0 Å². The van der Waals surface area contributed by atoms with E-state index in [0.717, 1.165) is 21.1 Å². The summed E-state index contributed by atoms with van der Waals surface area (Å²) >= 11 is 1.55. The van der Waals surface area contributed by atoms with Crippen molar-refractivity contribution >= 4 is 23.2 Å². The smallest absolute Gasteiger partial charge is 0.307 e. The summed E-state index contributed by atoms with van der Waals surface area (Å²) in [4.78, 5) is 28.2. The molecule has 0 saturated heterocycles. The number of amides is 1. The lowest BCUT2D eigenvalue weighted by Crippen LogP contribution is -2.25. The van der Waals surface area contributed by atoms with Gasteiger partial charge in [-0.25, -0.2) is 4.98 Å². The summed E-state index contributed by atoms with van der Waals surface area (Å²) in [6.07, 6.45) is 0.443. The summed E-state index contributed by atoms with van der Waals surface area (Å²) in [7, 11) is 0. The Labute approximate surface area is 132 Å². The highest BCUT2D eigenvalue weighted by molar-refractivity contribution is 7.15. The minimum absolute atomic E-state index is 0.179. The maximum atomic E-state index is 11.9. The molecule has 1 amide bonds. The van der Waals surface area contributed by atoms with Gasteiger partial charge in [-0.1, -0.05) is 30.3 Å². The molecule has 2 atom stereocenters. The number of carboxylic acids is 1. The highest BCUT2D eigenvalue weighted by Crippen LogP contribution is 2.38. The summed E-state index contributed by atoms with van der Waals surface area (Å²) in [6.45, 7) is 2.32. The monoisotopic (exact) mass is 316 g/mol. The van der Waals surface area contributed by atoms with E-state index in [1.807, 2.05) is 37.3 Å². The molecule has 0 aliphatic heterocycles. The lowest BCUT2D eigenvalue weighted by molar-refractivity contribution is -0.140. The van der Waals surface area contributed by atoms with Crippen molar-refractivity contribution in [2.75, 3.05) is 0 Å². The first-order chi connectivity index (χ1) is 10.6. The van der Waals surface area contributed by atoms with E-state index in [2.05, 4.69) is 10.3 Å². The second kappa shape index (κ2) is 5.88. The molecule has 1 aliphatic rings. The van der Waals surface area contributed by atoms with Gasteiger partial charge >= 0.3 is 5.97 Å². The van der Waals surface area contributed by atoms with Crippen molar-refractivity contribution in [3.63, 3.8) is 0 Å². The van der Waals surface area contributed by atoms with E-state index < -0.39 is 11.9 Å². The molecule has 6 heteroatoms. The summed E-state index contributed by atoms with van der Waals surface area (Å²) < 4.78 is 0. The quantitative estimate of drug-likeness (QED) is 0.888. The van der Waals surface area contributed by atoms with Crippen molar-refractivity contribution in [3.05, 3.63) is 40.9 Å². The number of aliphatic carboxylic acids is 1. The van der Waals surface area contributed by atoms with Gasteiger partial charge in [0, 0.05) is 10.4 Å². The molecule has 1 saturated carbocycles. The average molecular weight is 316 g/mol. The van der Waals surface area contributed by atoms with E-state index in [1.165, 1.54) is 0 Å². The molecular formula is C16H16N2O3S. The molecule has 1 fully saturated rings. The van der Waals surface area contributed by atoms with E-state index in [4.69, 9.17) is 5.11 Å². The summed E-state index contributed by atoms with van der Waals surface area (Å²) in [6, 6.07) is 9.89. The van der Waals surface area contributed by atoms with Crippen LogP contribution in [-0.2, 0) is 16.1 Å². The van der Waals surface area contributed by atoms with E-state index in [1.54, 1.807) is 11.3 Å². The molecule has 0 bridgehead atoms. The topological polar surface area (TPSA) is 79.3 Å². The normalized spacial score (nSPS) is 19.7. The number of nitrogens with one attached hydrogen (secondary N) is 1. The zero-order valence-corrected chi connectivity index (χ0v) is 12.9. The Hall–Kier alpha value is -2.21. The number of hydrogen-bond acceptors (Lipinski definition) is 4. The fourth-order valence-electron chi connectivity index (χ4n) is 2.35. The van der Waals surface area contributed by atoms with Gasteiger partial charge in [0.25, 0.3) is 0 Å². The van der Waals surface area contributed by atoms with Crippen molar-refractivity contribution in [2.45, 2.75) is 19.9 Å². The van der Waals surface area contributed by atoms with E-state index in [-0.39, 0.29) is 11.8 Å².